The topological polar surface area (TPSA) is 80.3 Å². The molecule has 12 heavy (non-hydrogen) atoms. The Bertz CT molecular complexity index is 232. The first-order chi connectivity index (χ1) is 5.25. The summed E-state index contributed by atoms with van der Waals surface area (Å²) in [4.78, 5) is 20.5. The lowest BCUT2D eigenvalue weighted by Gasteiger charge is -2.23. The molecule has 0 aliphatic rings. The van der Waals surface area contributed by atoms with Gasteiger partial charge in [-0.1, -0.05) is 20.8 Å². The highest BCUT2D eigenvalue weighted by Crippen LogP contribution is 2.23. The Hall–Kier alpha value is -1.32. The number of rotatable bonds is 2. The van der Waals surface area contributed by atoms with Crippen LogP contribution >= 0.6 is 0 Å². The van der Waals surface area contributed by atoms with Crippen molar-refractivity contribution in [1.29, 1.82) is 0 Å². The molecule has 0 amide bonds. The van der Waals surface area contributed by atoms with Gasteiger partial charge in [-0.05, 0) is 17.1 Å². The Labute approximate surface area is 70.5 Å². The quantitative estimate of drug-likeness (QED) is 0.470. The monoisotopic (exact) mass is 170 g/mol. The zero-order valence-electron chi connectivity index (χ0n) is 7.21. The first kappa shape index (κ1) is 10.7. The molecule has 0 aromatic rings. The van der Waals surface area contributed by atoms with Crippen LogP contribution in [-0.2, 0) is 9.59 Å². The molecule has 0 aliphatic carbocycles. The van der Waals surface area contributed by atoms with Gasteiger partial charge in [0.15, 0.2) is 0 Å². The van der Waals surface area contributed by atoms with Crippen molar-refractivity contribution < 1.29 is 19.8 Å². The van der Waals surface area contributed by atoms with Crippen LogP contribution in [0.1, 0.15) is 20.8 Å². The van der Waals surface area contributed by atoms with Crippen molar-refractivity contribution in [3.63, 3.8) is 0 Å². The first-order valence-corrected chi connectivity index (χ1v) is 3.39. The second-order valence-electron chi connectivity index (χ2n) is 3.41. The zero-order chi connectivity index (χ0) is 9.94. The highest BCUT2D eigenvalue weighted by molar-refractivity contribution is 5.93. The number of carbonyl (C=O) groups excluding carboxylic acids is 2. The Morgan fingerprint density at radius 1 is 1.17 bits per heavy atom. The summed E-state index contributed by atoms with van der Waals surface area (Å²) < 4.78 is 0. The van der Waals surface area contributed by atoms with Crippen molar-refractivity contribution in [3.8, 4) is 0 Å². The van der Waals surface area contributed by atoms with E-state index < -0.39 is 17.4 Å². The van der Waals surface area contributed by atoms with E-state index in [1.54, 1.807) is 20.8 Å². The van der Waals surface area contributed by atoms with Gasteiger partial charge in [-0.2, -0.15) is 0 Å². The van der Waals surface area contributed by atoms with Crippen molar-refractivity contribution in [2.45, 2.75) is 20.8 Å². The third-order valence-electron chi connectivity index (χ3n) is 1.29. The summed E-state index contributed by atoms with van der Waals surface area (Å²) >= 11 is 0. The van der Waals surface area contributed by atoms with Crippen molar-refractivity contribution in [2.24, 2.45) is 5.41 Å². The molecule has 0 heterocycles. The molecule has 0 N–H and O–H groups in total. The number of hydrogen-bond donors (Lipinski definition) is 0. The Morgan fingerprint density at radius 3 is 1.67 bits per heavy atom. The van der Waals surface area contributed by atoms with E-state index >= 15 is 0 Å². The number of carboxylic acid groups (broad SMARTS) is 2. The minimum Gasteiger partial charge on any atom is -0.545 e. The van der Waals surface area contributed by atoms with Gasteiger partial charge in [0.25, 0.3) is 0 Å². The maximum atomic E-state index is 10.4. The van der Waals surface area contributed by atoms with Crippen molar-refractivity contribution in [1.82, 2.24) is 0 Å². The van der Waals surface area contributed by atoms with E-state index in [2.05, 4.69) is 0 Å². The lowest BCUT2D eigenvalue weighted by Crippen LogP contribution is -2.33. The predicted molar refractivity (Wildman–Crippen MR) is 37.6 cm³/mol. The van der Waals surface area contributed by atoms with Crippen LogP contribution in [0.25, 0.3) is 0 Å². The molecule has 0 atom stereocenters. The first-order valence-electron chi connectivity index (χ1n) is 3.39. The standard InChI is InChI=1S/C8H12O4/c1-8(2,3)5(7(11)12)4-6(9)10/h4H,1-3H3,(H,9,10)(H,11,12)/p-2/b5-4+. The van der Waals surface area contributed by atoms with Gasteiger partial charge in [-0.3, -0.25) is 0 Å². The Morgan fingerprint density at radius 2 is 1.58 bits per heavy atom. The molecular formula is C8H10O4-2. The van der Waals surface area contributed by atoms with Gasteiger partial charge >= 0.3 is 0 Å². The number of aliphatic carboxylic acids is 2. The lowest BCUT2D eigenvalue weighted by atomic mass is 9.86. The number of carbonyl (C=O) groups is 2. The molecule has 0 spiro atoms. The van der Waals surface area contributed by atoms with Gasteiger partial charge in [0, 0.05) is 0 Å². The minimum atomic E-state index is -1.52. The lowest BCUT2D eigenvalue weighted by molar-refractivity contribution is -0.303. The summed E-state index contributed by atoms with van der Waals surface area (Å²) in [6.07, 6.45) is 0.551. The van der Waals surface area contributed by atoms with Crippen molar-refractivity contribution in [3.05, 3.63) is 11.6 Å². The predicted octanol–water partition coefficient (Wildman–Crippen LogP) is -1.54. The second-order valence-corrected chi connectivity index (χ2v) is 3.41. The summed E-state index contributed by atoms with van der Waals surface area (Å²) in [5.41, 5.74) is -1.03. The summed E-state index contributed by atoms with van der Waals surface area (Å²) in [5, 5.41) is 20.5. The largest absolute Gasteiger partial charge is 0.545 e. The highest BCUT2D eigenvalue weighted by atomic mass is 16.4. The molecule has 4 heteroatoms. The van der Waals surface area contributed by atoms with Gasteiger partial charge in [-0.25, -0.2) is 0 Å². The van der Waals surface area contributed by atoms with Crippen molar-refractivity contribution >= 4 is 11.9 Å². The van der Waals surface area contributed by atoms with Crippen LogP contribution in [0.2, 0.25) is 0 Å². The summed E-state index contributed by atoms with van der Waals surface area (Å²) in [7, 11) is 0. The Balaban J connectivity index is 4.94. The van der Waals surface area contributed by atoms with E-state index in [1.165, 1.54) is 0 Å². The SMILES string of the molecule is CC(C)(C)/C(=C/C(=O)[O-])C(=O)[O-]. The molecule has 0 unspecified atom stereocenters. The molecule has 0 aromatic carbocycles. The number of carboxylic acids is 2. The molecule has 0 aliphatic heterocycles. The fraction of sp³-hybridized carbons (Fsp3) is 0.500. The average Bonchev–Trinajstić information content (AvgIpc) is 1.79. The smallest absolute Gasteiger partial charge is 0.0680 e. The minimum absolute atomic E-state index is 0.275. The number of hydrogen-bond acceptors (Lipinski definition) is 4. The third-order valence-corrected chi connectivity index (χ3v) is 1.29. The molecule has 0 aromatic heterocycles. The molecule has 68 valence electrons. The average molecular weight is 170 g/mol. The van der Waals surface area contributed by atoms with Gasteiger partial charge in [-0.15, -0.1) is 0 Å². The molecule has 0 fully saturated rings. The van der Waals surface area contributed by atoms with E-state index in [0.29, 0.717) is 6.08 Å². The van der Waals surface area contributed by atoms with E-state index in [4.69, 9.17) is 0 Å². The van der Waals surface area contributed by atoms with Crippen LogP contribution < -0.4 is 10.2 Å². The van der Waals surface area contributed by atoms with E-state index in [-0.39, 0.29) is 5.57 Å². The molecule has 4 nitrogen and oxygen atoms in total. The maximum Gasteiger partial charge on any atom is 0.0680 e. The van der Waals surface area contributed by atoms with E-state index in [1.807, 2.05) is 0 Å². The molecule has 0 saturated heterocycles. The molecule has 0 saturated carbocycles. The molecule has 0 bridgehead atoms. The normalized spacial score (nSPS) is 12.8. The molecule has 0 rings (SSSR count). The van der Waals surface area contributed by atoms with E-state index in [0.717, 1.165) is 0 Å². The maximum absolute atomic E-state index is 10.4. The zero-order valence-corrected chi connectivity index (χ0v) is 7.21. The van der Waals surface area contributed by atoms with E-state index in [9.17, 15) is 19.8 Å². The van der Waals surface area contributed by atoms with Crippen LogP contribution in [0.4, 0.5) is 0 Å². The summed E-state index contributed by atoms with van der Waals surface area (Å²) in [5.74, 6) is -3.00. The van der Waals surface area contributed by atoms with Gasteiger partial charge in [0.2, 0.25) is 0 Å². The second kappa shape index (κ2) is 3.38. The van der Waals surface area contributed by atoms with Crippen LogP contribution in [0.15, 0.2) is 11.6 Å². The highest BCUT2D eigenvalue weighted by Gasteiger charge is 2.17. The fourth-order valence-electron chi connectivity index (χ4n) is 0.699. The third kappa shape index (κ3) is 3.18. The fourth-order valence-corrected chi connectivity index (χ4v) is 0.699. The molecular weight excluding hydrogens is 160 g/mol. The van der Waals surface area contributed by atoms with Gasteiger partial charge < -0.3 is 19.8 Å². The van der Waals surface area contributed by atoms with Crippen LogP contribution in [0.3, 0.4) is 0 Å². The van der Waals surface area contributed by atoms with Crippen LogP contribution in [0, 0.1) is 5.41 Å². The summed E-state index contributed by atoms with van der Waals surface area (Å²) in [6, 6.07) is 0. The van der Waals surface area contributed by atoms with Crippen molar-refractivity contribution in [2.75, 3.05) is 0 Å². The van der Waals surface area contributed by atoms with Gasteiger partial charge in [0.05, 0.1) is 11.9 Å². The Kier molecular flexibility index (Phi) is 3.01. The molecule has 0 radical (unpaired) electrons. The summed E-state index contributed by atoms with van der Waals surface area (Å²) in [6.45, 7) is 4.74. The van der Waals surface area contributed by atoms with Crippen LogP contribution in [-0.4, -0.2) is 11.9 Å². The van der Waals surface area contributed by atoms with Crippen LogP contribution in [0.5, 0.6) is 0 Å². The van der Waals surface area contributed by atoms with Gasteiger partial charge in [0.1, 0.15) is 0 Å².